The third-order valence-electron chi connectivity index (χ3n) is 3.01. The van der Waals surface area contributed by atoms with Crippen LogP contribution in [-0.2, 0) is 14.3 Å². The molecule has 3 aromatic rings. The van der Waals surface area contributed by atoms with Gasteiger partial charge >= 0.3 is 0 Å². The van der Waals surface area contributed by atoms with E-state index in [1.54, 1.807) is 6.07 Å². The predicted molar refractivity (Wildman–Crippen MR) is 75.7 cm³/mol. The van der Waals surface area contributed by atoms with E-state index in [9.17, 15) is 8.42 Å². The summed E-state index contributed by atoms with van der Waals surface area (Å²) < 4.78 is 27.8. The van der Waals surface area contributed by atoms with Gasteiger partial charge in [0.1, 0.15) is 5.82 Å². The molecule has 3 rings (SSSR count). The smallest absolute Gasteiger partial charge is 0.296 e. The van der Waals surface area contributed by atoms with Crippen molar-refractivity contribution in [2.45, 2.75) is 4.90 Å². The number of H-pyrrole nitrogens is 1. The average Bonchev–Trinajstić information content (AvgIpc) is 2.91. The van der Waals surface area contributed by atoms with Crippen LogP contribution < -0.4 is 0 Å². The van der Waals surface area contributed by atoms with Crippen LogP contribution in [0.25, 0.3) is 22.4 Å². The van der Waals surface area contributed by atoms with Crippen LogP contribution in [0.2, 0.25) is 0 Å². The number of benzene rings is 2. The Hall–Kier alpha value is -2.18. The molecule has 0 aliphatic heterocycles. The average molecular weight is 288 g/mol. The molecule has 0 bridgehead atoms. The standard InChI is InChI=1S/C14H12N2O3S/c1-19-20(17,18)11-7-8-12-13(9-11)16-14(15-12)10-5-3-2-4-6-10/h2-9H,1H3,(H,15,16). The third kappa shape index (κ3) is 2.19. The molecule has 0 aliphatic rings. The van der Waals surface area contributed by atoms with Crippen molar-refractivity contribution >= 4 is 21.2 Å². The number of aromatic nitrogens is 2. The molecule has 1 heterocycles. The Kier molecular flexibility index (Phi) is 3.04. The topological polar surface area (TPSA) is 72.1 Å². The van der Waals surface area contributed by atoms with Gasteiger partial charge in [0.2, 0.25) is 0 Å². The molecule has 0 atom stereocenters. The van der Waals surface area contributed by atoms with Gasteiger partial charge in [-0.3, -0.25) is 4.18 Å². The van der Waals surface area contributed by atoms with Crippen molar-refractivity contribution in [3.8, 4) is 11.4 Å². The Morgan fingerprint density at radius 1 is 1.10 bits per heavy atom. The lowest BCUT2D eigenvalue weighted by Gasteiger charge is -2.00. The summed E-state index contributed by atoms with van der Waals surface area (Å²) in [5.41, 5.74) is 2.31. The molecule has 0 amide bonds. The number of imidazole rings is 1. The SMILES string of the molecule is COS(=O)(=O)c1ccc2nc(-c3ccccc3)[nH]c2c1. The van der Waals surface area contributed by atoms with Crippen LogP contribution in [0.15, 0.2) is 53.4 Å². The van der Waals surface area contributed by atoms with Crippen molar-refractivity contribution in [3.05, 3.63) is 48.5 Å². The minimum atomic E-state index is -3.69. The van der Waals surface area contributed by atoms with E-state index in [1.165, 1.54) is 12.1 Å². The fourth-order valence-corrected chi connectivity index (χ4v) is 2.66. The number of hydrogen-bond acceptors (Lipinski definition) is 4. The molecule has 0 aliphatic carbocycles. The van der Waals surface area contributed by atoms with Gasteiger partial charge in [0.25, 0.3) is 10.1 Å². The van der Waals surface area contributed by atoms with Crippen molar-refractivity contribution in [3.63, 3.8) is 0 Å². The molecule has 0 unspecified atom stereocenters. The van der Waals surface area contributed by atoms with Crippen LogP contribution in [-0.4, -0.2) is 25.5 Å². The largest absolute Gasteiger partial charge is 0.338 e. The van der Waals surface area contributed by atoms with E-state index >= 15 is 0 Å². The van der Waals surface area contributed by atoms with Crippen LogP contribution in [0.4, 0.5) is 0 Å². The highest BCUT2D eigenvalue weighted by Gasteiger charge is 2.14. The van der Waals surface area contributed by atoms with E-state index in [0.29, 0.717) is 16.9 Å². The Labute approximate surface area is 116 Å². The summed E-state index contributed by atoms with van der Waals surface area (Å²) in [6.07, 6.45) is 0. The second-order valence-electron chi connectivity index (χ2n) is 4.25. The minimum Gasteiger partial charge on any atom is -0.338 e. The maximum Gasteiger partial charge on any atom is 0.296 e. The Morgan fingerprint density at radius 2 is 1.85 bits per heavy atom. The first kappa shape index (κ1) is 12.8. The summed E-state index contributed by atoms with van der Waals surface area (Å²) in [6, 6.07) is 14.3. The summed E-state index contributed by atoms with van der Waals surface area (Å²) in [5, 5.41) is 0. The molecule has 5 nitrogen and oxygen atoms in total. The van der Waals surface area contributed by atoms with Gasteiger partial charge < -0.3 is 4.98 Å². The molecule has 1 aromatic heterocycles. The number of nitrogens with zero attached hydrogens (tertiary/aromatic N) is 1. The van der Waals surface area contributed by atoms with E-state index in [0.717, 1.165) is 12.7 Å². The number of nitrogens with one attached hydrogen (secondary N) is 1. The second kappa shape index (κ2) is 4.73. The van der Waals surface area contributed by atoms with E-state index in [2.05, 4.69) is 14.2 Å². The zero-order valence-corrected chi connectivity index (χ0v) is 11.5. The molecule has 2 aromatic carbocycles. The van der Waals surface area contributed by atoms with E-state index in [-0.39, 0.29) is 4.90 Å². The third-order valence-corrected chi connectivity index (χ3v) is 4.28. The monoisotopic (exact) mass is 288 g/mol. The highest BCUT2D eigenvalue weighted by Crippen LogP contribution is 2.23. The second-order valence-corrected chi connectivity index (χ2v) is 5.96. The summed E-state index contributed by atoms with van der Waals surface area (Å²) in [6.45, 7) is 0. The molecular formula is C14H12N2O3S. The predicted octanol–water partition coefficient (Wildman–Crippen LogP) is 2.57. The first-order chi connectivity index (χ1) is 9.60. The minimum absolute atomic E-state index is 0.107. The van der Waals surface area contributed by atoms with E-state index in [1.807, 2.05) is 30.3 Å². The van der Waals surface area contributed by atoms with Crippen LogP contribution in [0.1, 0.15) is 0 Å². The molecule has 0 fully saturated rings. The quantitative estimate of drug-likeness (QED) is 0.752. The fourth-order valence-electron chi connectivity index (χ4n) is 1.97. The molecule has 0 saturated heterocycles. The van der Waals surface area contributed by atoms with Crippen LogP contribution in [0, 0.1) is 0 Å². The van der Waals surface area contributed by atoms with Crippen LogP contribution in [0.3, 0.4) is 0 Å². The number of aromatic amines is 1. The maximum atomic E-state index is 11.7. The molecule has 6 heteroatoms. The zero-order valence-electron chi connectivity index (χ0n) is 10.7. The van der Waals surface area contributed by atoms with Gasteiger partial charge in [0.05, 0.1) is 23.0 Å². The highest BCUT2D eigenvalue weighted by molar-refractivity contribution is 7.86. The molecule has 0 radical (unpaired) electrons. The van der Waals surface area contributed by atoms with Crippen molar-refractivity contribution in [1.82, 2.24) is 9.97 Å². The molecule has 1 N–H and O–H groups in total. The summed E-state index contributed by atoms with van der Waals surface area (Å²) in [4.78, 5) is 7.67. The van der Waals surface area contributed by atoms with Gasteiger partial charge in [-0.25, -0.2) is 4.98 Å². The van der Waals surface area contributed by atoms with Crippen molar-refractivity contribution in [1.29, 1.82) is 0 Å². The van der Waals surface area contributed by atoms with Gasteiger partial charge in [0, 0.05) is 5.56 Å². The summed E-state index contributed by atoms with van der Waals surface area (Å²) in [5.74, 6) is 0.701. The van der Waals surface area contributed by atoms with Crippen molar-refractivity contribution < 1.29 is 12.6 Å². The number of hydrogen-bond donors (Lipinski definition) is 1. The molecule has 0 spiro atoms. The van der Waals surface area contributed by atoms with Gasteiger partial charge in [-0.15, -0.1) is 0 Å². The van der Waals surface area contributed by atoms with Gasteiger partial charge in [-0.05, 0) is 18.2 Å². The lowest BCUT2D eigenvalue weighted by Crippen LogP contribution is -2.02. The maximum absolute atomic E-state index is 11.7. The first-order valence-electron chi connectivity index (χ1n) is 5.96. The lowest BCUT2D eigenvalue weighted by molar-refractivity contribution is 0.398. The van der Waals surface area contributed by atoms with Gasteiger partial charge in [-0.2, -0.15) is 8.42 Å². The normalized spacial score (nSPS) is 11.8. The first-order valence-corrected chi connectivity index (χ1v) is 7.37. The fraction of sp³-hybridized carbons (Fsp3) is 0.0714. The number of rotatable bonds is 3. The highest BCUT2D eigenvalue weighted by atomic mass is 32.2. The van der Waals surface area contributed by atoms with E-state index in [4.69, 9.17) is 0 Å². The Balaban J connectivity index is 2.13. The summed E-state index contributed by atoms with van der Waals surface area (Å²) >= 11 is 0. The van der Waals surface area contributed by atoms with Crippen LogP contribution in [0.5, 0.6) is 0 Å². The van der Waals surface area contributed by atoms with Crippen molar-refractivity contribution in [2.75, 3.05) is 7.11 Å². The summed E-state index contributed by atoms with van der Waals surface area (Å²) in [7, 11) is -2.55. The lowest BCUT2D eigenvalue weighted by atomic mass is 10.2. The zero-order chi connectivity index (χ0) is 14.2. The Bertz CT molecular complexity index is 855. The van der Waals surface area contributed by atoms with Gasteiger partial charge in [-0.1, -0.05) is 30.3 Å². The van der Waals surface area contributed by atoms with Gasteiger partial charge in [0.15, 0.2) is 0 Å². The van der Waals surface area contributed by atoms with E-state index < -0.39 is 10.1 Å². The molecule has 0 saturated carbocycles. The number of fused-ring (bicyclic) bond motifs is 1. The molecule has 102 valence electrons. The molecular weight excluding hydrogens is 276 g/mol. The van der Waals surface area contributed by atoms with Crippen molar-refractivity contribution in [2.24, 2.45) is 0 Å². The Morgan fingerprint density at radius 3 is 2.55 bits per heavy atom. The molecule has 20 heavy (non-hydrogen) atoms. The van der Waals surface area contributed by atoms with Crippen LogP contribution >= 0.6 is 0 Å².